The molecule has 0 aliphatic rings. The Morgan fingerprint density at radius 3 is 2.53 bits per heavy atom. The number of benzene rings is 2. The third kappa shape index (κ3) is 3.92. The molecule has 6 nitrogen and oxygen atoms in total. The van der Waals surface area contributed by atoms with Gasteiger partial charge in [-0.1, -0.05) is 47.5 Å². The maximum absolute atomic E-state index is 13.3. The minimum absolute atomic E-state index is 0.0179. The summed E-state index contributed by atoms with van der Waals surface area (Å²) in [6.45, 7) is 0. The van der Waals surface area contributed by atoms with Crippen LogP contribution in [0.25, 0.3) is 16.6 Å². The third-order valence-electron chi connectivity index (χ3n) is 4.55. The van der Waals surface area contributed by atoms with E-state index in [2.05, 4.69) is 15.4 Å². The molecule has 1 amide bonds. The summed E-state index contributed by atoms with van der Waals surface area (Å²) in [5, 5.41) is 7.15. The van der Waals surface area contributed by atoms with Crippen molar-refractivity contribution in [2.24, 2.45) is 0 Å². The summed E-state index contributed by atoms with van der Waals surface area (Å²) in [5.41, 5.74) is -1.80. The molecule has 0 saturated carbocycles. The molecule has 0 fully saturated rings. The lowest BCUT2D eigenvalue weighted by Gasteiger charge is -2.13. The summed E-state index contributed by atoms with van der Waals surface area (Å²) in [6.07, 6.45) is -3.04. The quantitative estimate of drug-likeness (QED) is 0.375. The molecule has 0 unspecified atom stereocenters. The molecule has 2 heterocycles. The fourth-order valence-corrected chi connectivity index (χ4v) is 3.63. The second-order valence-electron chi connectivity index (χ2n) is 6.58. The zero-order valence-electron chi connectivity index (χ0n) is 15.8. The molecule has 2 aromatic heterocycles. The lowest BCUT2D eigenvalue weighted by atomic mass is 10.1. The number of fused-ring (bicyclic) bond motifs is 1. The molecule has 162 valence electrons. The summed E-state index contributed by atoms with van der Waals surface area (Å²) in [6, 6.07) is 11.8. The Balaban J connectivity index is 1.84. The lowest BCUT2D eigenvalue weighted by Crippen LogP contribution is -2.19. The van der Waals surface area contributed by atoms with E-state index in [1.807, 2.05) is 0 Å². The number of alkyl halides is 3. The molecule has 0 bridgehead atoms. The normalized spacial score (nSPS) is 11.5. The standard InChI is InChI=1S/C21H11Cl2F3N4O2/c22-14-6-3-7-27-19(14)30-15(9-16(29-30)21(24,25)26)20(32)28-18-12(10-31)8-11-4-1-2-5-13(11)17(18)23/h1-10H,(H,28,32). The van der Waals surface area contributed by atoms with E-state index in [-0.39, 0.29) is 27.1 Å². The second-order valence-corrected chi connectivity index (χ2v) is 7.37. The Labute approximate surface area is 188 Å². The van der Waals surface area contributed by atoms with Crippen LogP contribution in [0.5, 0.6) is 0 Å². The molecule has 0 spiro atoms. The van der Waals surface area contributed by atoms with Crippen LogP contribution in [-0.2, 0) is 6.18 Å². The zero-order valence-corrected chi connectivity index (χ0v) is 17.3. The van der Waals surface area contributed by atoms with Gasteiger partial charge in [-0.3, -0.25) is 9.59 Å². The van der Waals surface area contributed by atoms with Crippen LogP contribution in [0.4, 0.5) is 18.9 Å². The number of amides is 1. The number of nitrogens with zero attached hydrogens (tertiary/aromatic N) is 3. The van der Waals surface area contributed by atoms with Gasteiger partial charge in [-0.15, -0.1) is 0 Å². The predicted molar refractivity (Wildman–Crippen MR) is 114 cm³/mol. The van der Waals surface area contributed by atoms with Gasteiger partial charge in [0.2, 0.25) is 0 Å². The molecule has 0 radical (unpaired) electrons. The number of carbonyl (C=O) groups is 2. The van der Waals surface area contributed by atoms with E-state index in [1.165, 1.54) is 24.4 Å². The minimum Gasteiger partial charge on any atom is -0.319 e. The highest BCUT2D eigenvalue weighted by Crippen LogP contribution is 2.35. The molecule has 0 aliphatic heterocycles. The van der Waals surface area contributed by atoms with Crippen LogP contribution in [0.1, 0.15) is 26.5 Å². The van der Waals surface area contributed by atoms with Gasteiger partial charge in [0.05, 0.1) is 15.7 Å². The van der Waals surface area contributed by atoms with Gasteiger partial charge in [-0.05, 0) is 23.6 Å². The largest absolute Gasteiger partial charge is 0.435 e. The van der Waals surface area contributed by atoms with Gasteiger partial charge in [0.1, 0.15) is 5.69 Å². The van der Waals surface area contributed by atoms with Crippen molar-refractivity contribution in [1.82, 2.24) is 14.8 Å². The number of rotatable bonds is 4. The molecule has 32 heavy (non-hydrogen) atoms. The summed E-state index contributed by atoms with van der Waals surface area (Å²) in [5.74, 6) is -1.16. The lowest BCUT2D eigenvalue weighted by molar-refractivity contribution is -0.141. The van der Waals surface area contributed by atoms with Crippen LogP contribution in [-0.4, -0.2) is 27.0 Å². The van der Waals surface area contributed by atoms with Gasteiger partial charge in [0.25, 0.3) is 5.91 Å². The van der Waals surface area contributed by atoms with Crippen LogP contribution in [0.3, 0.4) is 0 Å². The average Bonchev–Trinajstić information content (AvgIpc) is 3.22. The van der Waals surface area contributed by atoms with Crippen LogP contribution in [0.15, 0.2) is 54.7 Å². The number of aromatic nitrogens is 3. The van der Waals surface area contributed by atoms with Crippen molar-refractivity contribution in [2.75, 3.05) is 5.32 Å². The van der Waals surface area contributed by atoms with Crippen LogP contribution < -0.4 is 5.32 Å². The Bertz CT molecular complexity index is 1370. The molecule has 11 heteroatoms. The predicted octanol–water partition coefficient (Wildman–Crippen LogP) is 5.81. The van der Waals surface area contributed by atoms with Crippen LogP contribution in [0, 0.1) is 0 Å². The summed E-state index contributed by atoms with van der Waals surface area (Å²) in [7, 11) is 0. The number of nitrogens with one attached hydrogen (secondary N) is 1. The molecule has 1 N–H and O–H groups in total. The molecule has 0 atom stereocenters. The SMILES string of the molecule is O=Cc1cc2ccccc2c(Cl)c1NC(=O)c1cc(C(F)(F)F)nn1-c1ncccc1Cl. The first-order valence-corrected chi connectivity index (χ1v) is 9.72. The Morgan fingerprint density at radius 2 is 1.84 bits per heavy atom. The van der Waals surface area contributed by atoms with Crippen molar-refractivity contribution >= 4 is 51.9 Å². The van der Waals surface area contributed by atoms with Crippen LogP contribution >= 0.6 is 23.2 Å². The number of pyridine rings is 1. The van der Waals surface area contributed by atoms with Crippen molar-refractivity contribution in [1.29, 1.82) is 0 Å². The van der Waals surface area contributed by atoms with E-state index in [0.29, 0.717) is 27.8 Å². The third-order valence-corrected chi connectivity index (χ3v) is 5.24. The van der Waals surface area contributed by atoms with Crippen molar-refractivity contribution < 1.29 is 22.8 Å². The van der Waals surface area contributed by atoms with Gasteiger partial charge in [0, 0.05) is 23.2 Å². The minimum atomic E-state index is -4.82. The summed E-state index contributed by atoms with van der Waals surface area (Å²) in [4.78, 5) is 28.6. The van der Waals surface area contributed by atoms with Gasteiger partial charge in [-0.2, -0.15) is 18.3 Å². The highest BCUT2D eigenvalue weighted by molar-refractivity contribution is 6.39. The Hall–Kier alpha value is -3.43. The maximum atomic E-state index is 13.3. The first kappa shape index (κ1) is 21.8. The number of hydrogen-bond donors (Lipinski definition) is 1. The zero-order chi connectivity index (χ0) is 23.0. The summed E-state index contributed by atoms with van der Waals surface area (Å²) >= 11 is 12.5. The molecular formula is C21H11Cl2F3N4O2. The first-order valence-electron chi connectivity index (χ1n) is 8.96. The second kappa shape index (κ2) is 8.25. The highest BCUT2D eigenvalue weighted by atomic mass is 35.5. The number of carbonyl (C=O) groups excluding carboxylic acids is 2. The number of halogens is 5. The number of hydrogen-bond acceptors (Lipinski definition) is 4. The van der Waals surface area contributed by atoms with Gasteiger partial charge >= 0.3 is 6.18 Å². The monoisotopic (exact) mass is 478 g/mol. The first-order chi connectivity index (χ1) is 15.2. The molecule has 4 aromatic rings. The van der Waals surface area contributed by atoms with E-state index in [9.17, 15) is 22.8 Å². The van der Waals surface area contributed by atoms with E-state index in [1.54, 1.807) is 24.3 Å². The van der Waals surface area contributed by atoms with Crippen molar-refractivity contribution in [3.63, 3.8) is 0 Å². The fraction of sp³-hybridized carbons (Fsp3) is 0.0476. The molecule has 0 saturated heterocycles. The summed E-state index contributed by atoms with van der Waals surface area (Å²) < 4.78 is 40.6. The van der Waals surface area contributed by atoms with Crippen molar-refractivity contribution in [3.8, 4) is 5.82 Å². The van der Waals surface area contributed by atoms with E-state index in [4.69, 9.17) is 23.2 Å². The topological polar surface area (TPSA) is 76.9 Å². The van der Waals surface area contributed by atoms with Crippen molar-refractivity contribution in [2.45, 2.75) is 6.18 Å². The van der Waals surface area contributed by atoms with Gasteiger partial charge in [0.15, 0.2) is 17.8 Å². The van der Waals surface area contributed by atoms with Crippen molar-refractivity contribution in [3.05, 3.63) is 81.7 Å². The highest BCUT2D eigenvalue weighted by Gasteiger charge is 2.36. The van der Waals surface area contributed by atoms with E-state index >= 15 is 0 Å². The molecule has 4 rings (SSSR count). The molecular weight excluding hydrogens is 468 g/mol. The molecule has 2 aromatic carbocycles. The smallest absolute Gasteiger partial charge is 0.319 e. The van der Waals surface area contributed by atoms with Gasteiger partial charge in [-0.25, -0.2) is 9.67 Å². The number of anilines is 1. The maximum Gasteiger partial charge on any atom is 0.435 e. The Kier molecular flexibility index (Phi) is 5.62. The van der Waals surface area contributed by atoms with Crippen LogP contribution in [0.2, 0.25) is 10.0 Å². The Morgan fingerprint density at radius 1 is 1.09 bits per heavy atom. The average molecular weight is 479 g/mol. The number of aldehydes is 1. The molecule has 0 aliphatic carbocycles. The van der Waals surface area contributed by atoms with Gasteiger partial charge < -0.3 is 5.32 Å². The van der Waals surface area contributed by atoms with E-state index in [0.717, 1.165) is 0 Å². The van der Waals surface area contributed by atoms with E-state index < -0.39 is 23.5 Å². The fourth-order valence-electron chi connectivity index (χ4n) is 3.10.